The molecule has 1 aromatic rings. The molecule has 0 bridgehead atoms. The quantitative estimate of drug-likeness (QED) is 0.660. The van der Waals surface area contributed by atoms with Gasteiger partial charge in [-0.15, -0.1) is 0 Å². The summed E-state index contributed by atoms with van der Waals surface area (Å²) in [6, 6.07) is 6.43. The van der Waals surface area contributed by atoms with E-state index in [2.05, 4.69) is 0 Å². The molecule has 2 N–H and O–H groups in total. The van der Waals surface area contributed by atoms with Gasteiger partial charge in [0.2, 0.25) is 21.8 Å². The molecular weight excluding hydrogens is 394 g/mol. The van der Waals surface area contributed by atoms with Crippen molar-refractivity contribution in [2.45, 2.75) is 36.6 Å². The maximum absolute atomic E-state index is 12.7. The van der Waals surface area contributed by atoms with Gasteiger partial charge in [0, 0.05) is 25.2 Å². The van der Waals surface area contributed by atoms with E-state index in [-0.39, 0.29) is 23.4 Å². The second-order valence-corrected chi connectivity index (χ2v) is 9.23. The Balaban J connectivity index is 1.68. The maximum atomic E-state index is 12.7. The van der Waals surface area contributed by atoms with E-state index in [1.807, 2.05) is 0 Å². The van der Waals surface area contributed by atoms with Crippen molar-refractivity contribution in [3.05, 3.63) is 35.9 Å². The van der Waals surface area contributed by atoms with Gasteiger partial charge in [-0.25, -0.2) is 8.42 Å². The van der Waals surface area contributed by atoms with Gasteiger partial charge in [-0.2, -0.15) is 4.31 Å². The number of hydrogen-bond acceptors (Lipinski definition) is 5. The molecule has 8 nitrogen and oxygen atoms in total. The molecule has 29 heavy (non-hydrogen) atoms. The van der Waals surface area contributed by atoms with Crippen molar-refractivity contribution < 1.29 is 22.7 Å². The van der Waals surface area contributed by atoms with Crippen LogP contribution < -0.4 is 5.73 Å². The molecule has 0 atom stereocenters. The molecule has 2 amide bonds. The van der Waals surface area contributed by atoms with Crippen LogP contribution in [0.3, 0.4) is 0 Å². The standard InChI is InChI=1S/C20H27N3O5S/c21-19(24)15-23(17-3-1-2-4-17)20(25)10-7-16-5-8-18(9-6-16)29(26,27)22-11-13-28-14-12-22/h5-10,17H,1-4,11-15H2,(H2,21,24). The second-order valence-electron chi connectivity index (χ2n) is 7.29. The van der Waals surface area contributed by atoms with Gasteiger partial charge >= 0.3 is 0 Å². The Kier molecular flexibility index (Phi) is 7.05. The first kappa shape index (κ1) is 21.5. The lowest BCUT2D eigenvalue weighted by atomic mass is 10.1. The number of nitrogens with two attached hydrogens (primary N) is 1. The molecule has 0 aromatic heterocycles. The molecule has 0 unspecified atom stereocenters. The van der Waals surface area contributed by atoms with E-state index < -0.39 is 15.9 Å². The molecule has 1 aromatic carbocycles. The van der Waals surface area contributed by atoms with Crippen molar-refractivity contribution in [3.8, 4) is 0 Å². The normalized spacial score (nSPS) is 18.9. The van der Waals surface area contributed by atoms with Gasteiger partial charge in [-0.3, -0.25) is 9.59 Å². The number of benzene rings is 1. The van der Waals surface area contributed by atoms with Crippen LogP contribution in [0, 0.1) is 0 Å². The first-order valence-corrected chi connectivity index (χ1v) is 11.3. The number of amides is 2. The van der Waals surface area contributed by atoms with Gasteiger partial charge in [0.15, 0.2) is 0 Å². The van der Waals surface area contributed by atoms with Gasteiger partial charge < -0.3 is 15.4 Å². The molecule has 1 saturated heterocycles. The fraction of sp³-hybridized carbons (Fsp3) is 0.500. The highest BCUT2D eigenvalue weighted by molar-refractivity contribution is 7.89. The van der Waals surface area contributed by atoms with Crippen LogP contribution in [0.4, 0.5) is 0 Å². The molecule has 158 valence electrons. The number of primary amides is 1. The van der Waals surface area contributed by atoms with Crippen LogP contribution in [0.2, 0.25) is 0 Å². The summed E-state index contributed by atoms with van der Waals surface area (Å²) in [4.78, 5) is 25.7. The number of carbonyl (C=O) groups excluding carboxylic acids is 2. The van der Waals surface area contributed by atoms with Crippen molar-refractivity contribution in [1.82, 2.24) is 9.21 Å². The van der Waals surface area contributed by atoms with Gasteiger partial charge in [-0.1, -0.05) is 25.0 Å². The van der Waals surface area contributed by atoms with Crippen molar-refractivity contribution in [2.75, 3.05) is 32.8 Å². The minimum Gasteiger partial charge on any atom is -0.379 e. The zero-order chi connectivity index (χ0) is 20.9. The molecule has 9 heteroatoms. The van der Waals surface area contributed by atoms with Crippen molar-refractivity contribution >= 4 is 27.9 Å². The predicted octanol–water partition coefficient (Wildman–Crippen LogP) is 0.977. The summed E-state index contributed by atoms with van der Waals surface area (Å²) in [5, 5.41) is 0. The third-order valence-electron chi connectivity index (χ3n) is 5.28. The third kappa shape index (κ3) is 5.43. The van der Waals surface area contributed by atoms with Gasteiger partial charge in [0.05, 0.1) is 24.7 Å². The molecule has 2 fully saturated rings. The molecule has 0 radical (unpaired) electrons. The van der Waals surface area contributed by atoms with Crippen LogP contribution in [0.1, 0.15) is 31.2 Å². The molecule has 2 aliphatic rings. The average Bonchev–Trinajstić information content (AvgIpc) is 3.25. The number of ether oxygens (including phenoxy) is 1. The van der Waals surface area contributed by atoms with E-state index in [1.54, 1.807) is 18.2 Å². The minimum atomic E-state index is -3.55. The summed E-state index contributed by atoms with van der Waals surface area (Å²) in [5.41, 5.74) is 6.00. The lowest BCUT2D eigenvalue weighted by Crippen LogP contribution is -2.43. The number of hydrogen-bond donors (Lipinski definition) is 1. The van der Waals surface area contributed by atoms with Crippen LogP contribution in [-0.2, 0) is 24.3 Å². The molecular formula is C20H27N3O5S. The lowest BCUT2D eigenvalue weighted by molar-refractivity contribution is -0.133. The Hall–Kier alpha value is -2.23. The van der Waals surface area contributed by atoms with Crippen LogP contribution in [0.15, 0.2) is 35.2 Å². The Morgan fingerprint density at radius 3 is 2.34 bits per heavy atom. The zero-order valence-corrected chi connectivity index (χ0v) is 17.1. The topological polar surface area (TPSA) is 110 Å². The SMILES string of the molecule is NC(=O)CN(C(=O)C=Cc1ccc(S(=O)(=O)N2CCOCC2)cc1)C1CCCC1. The van der Waals surface area contributed by atoms with Crippen LogP contribution in [-0.4, -0.2) is 68.3 Å². The predicted molar refractivity (Wildman–Crippen MR) is 108 cm³/mol. The fourth-order valence-corrected chi connectivity index (χ4v) is 5.13. The summed E-state index contributed by atoms with van der Waals surface area (Å²) in [5.74, 6) is -0.794. The van der Waals surface area contributed by atoms with E-state index in [0.717, 1.165) is 25.7 Å². The highest BCUT2D eigenvalue weighted by Crippen LogP contribution is 2.24. The number of sulfonamides is 1. The molecule has 1 saturated carbocycles. The minimum absolute atomic E-state index is 0.0423. The van der Waals surface area contributed by atoms with Gasteiger partial charge in [-0.05, 0) is 36.6 Å². The maximum Gasteiger partial charge on any atom is 0.247 e. The Bertz CT molecular complexity index is 855. The molecule has 1 heterocycles. The number of morpholine rings is 1. The molecule has 1 aliphatic carbocycles. The smallest absolute Gasteiger partial charge is 0.247 e. The van der Waals surface area contributed by atoms with E-state index in [1.165, 1.54) is 27.4 Å². The summed E-state index contributed by atoms with van der Waals surface area (Å²) in [6.45, 7) is 1.38. The average molecular weight is 422 g/mol. The first-order valence-electron chi connectivity index (χ1n) is 9.83. The monoisotopic (exact) mass is 421 g/mol. The molecule has 0 spiro atoms. The summed E-state index contributed by atoms with van der Waals surface area (Å²) in [6.07, 6.45) is 6.86. The van der Waals surface area contributed by atoms with Crippen molar-refractivity contribution in [2.24, 2.45) is 5.73 Å². The van der Waals surface area contributed by atoms with E-state index in [0.29, 0.717) is 31.9 Å². The number of rotatable bonds is 7. The zero-order valence-electron chi connectivity index (χ0n) is 16.3. The van der Waals surface area contributed by atoms with Crippen LogP contribution in [0.25, 0.3) is 6.08 Å². The fourth-order valence-electron chi connectivity index (χ4n) is 3.72. The van der Waals surface area contributed by atoms with Gasteiger partial charge in [0.25, 0.3) is 0 Å². The van der Waals surface area contributed by atoms with Crippen molar-refractivity contribution in [3.63, 3.8) is 0 Å². The third-order valence-corrected chi connectivity index (χ3v) is 7.19. The highest BCUT2D eigenvalue weighted by atomic mass is 32.2. The Morgan fingerprint density at radius 2 is 1.76 bits per heavy atom. The summed E-state index contributed by atoms with van der Waals surface area (Å²) < 4.78 is 31.9. The van der Waals surface area contributed by atoms with E-state index in [4.69, 9.17) is 10.5 Å². The van der Waals surface area contributed by atoms with E-state index in [9.17, 15) is 18.0 Å². The first-order chi connectivity index (χ1) is 13.9. The Labute approximate surface area is 171 Å². The molecule has 3 rings (SSSR count). The van der Waals surface area contributed by atoms with Crippen molar-refractivity contribution in [1.29, 1.82) is 0 Å². The second kappa shape index (κ2) is 9.51. The Morgan fingerprint density at radius 1 is 1.14 bits per heavy atom. The van der Waals surface area contributed by atoms with Crippen LogP contribution in [0.5, 0.6) is 0 Å². The van der Waals surface area contributed by atoms with Crippen LogP contribution >= 0.6 is 0 Å². The number of carbonyl (C=O) groups is 2. The lowest BCUT2D eigenvalue weighted by Gasteiger charge is -2.26. The largest absolute Gasteiger partial charge is 0.379 e. The highest BCUT2D eigenvalue weighted by Gasteiger charge is 2.27. The summed E-state index contributed by atoms with van der Waals surface area (Å²) >= 11 is 0. The number of nitrogens with zero attached hydrogens (tertiary/aromatic N) is 2. The molecule has 1 aliphatic heterocycles. The van der Waals surface area contributed by atoms with E-state index >= 15 is 0 Å². The summed E-state index contributed by atoms with van der Waals surface area (Å²) in [7, 11) is -3.55. The van der Waals surface area contributed by atoms with Gasteiger partial charge in [0.1, 0.15) is 0 Å².